The molecule has 0 saturated carbocycles. The van der Waals surface area contributed by atoms with E-state index >= 15 is 0 Å². The molecule has 74 valence electrons. The van der Waals surface area contributed by atoms with Gasteiger partial charge in [0.25, 0.3) is 0 Å². The van der Waals surface area contributed by atoms with Crippen LogP contribution in [0.15, 0.2) is 33.4 Å². The zero-order valence-electron chi connectivity index (χ0n) is 7.50. The molecule has 2 aromatic rings. The molecule has 1 nitrogen and oxygen atoms in total. The monoisotopic (exact) mass is 287 g/mol. The Labute approximate surface area is 99.9 Å². The van der Waals surface area contributed by atoms with Crippen LogP contribution >= 0.6 is 38.6 Å². The van der Waals surface area contributed by atoms with Gasteiger partial charge in [-0.15, -0.1) is 22.7 Å². The maximum absolute atomic E-state index is 3.46. The zero-order valence-corrected chi connectivity index (χ0v) is 10.7. The van der Waals surface area contributed by atoms with E-state index in [-0.39, 0.29) is 0 Å². The summed E-state index contributed by atoms with van der Waals surface area (Å²) in [6, 6.07) is 8.48. The minimum absolute atomic E-state index is 0.953. The number of nitrogens with one attached hydrogen (secondary N) is 1. The van der Waals surface area contributed by atoms with Crippen LogP contribution < -0.4 is 5.32 Å². The first-order valence-electron chi connectivity index (χ1n) is 4.32. The summed E-state index contributed by atoms with van der Waals surface area (Å²) in [5.74, 6) is 0. The van der Waals surface area contributed by atoms with Crippen LogP contribution in [-0.4, -0.2) is 0 Å². The third-order valence-electron chi connectivity index (χ3n) is 1.81. The van der Waals surface area contributed by atoms with Crippen molar-refractivity contribution in [2.45, 2.75) is 13.1 Å². The fourth-order valence-corrected chi connectivity index (χ4v) is 3.30. The normalized spacial score (nSPS) is 10.6. The van der Waals surface area contributed by atoms with Crippen molar-refractivity contribution in [3.05, 3.63) is 43.2 Å². The molecule has 2 heterocycles. The lowest BCUT2D eigenvalue weighted by molar-refractivity contribution is 0.709. The van der Waals surface area contributed by atoms with Crippen LogP contribution in [0.25, 0.3) is 0 Å². The van der Waals surface area contributed by atoms with E-state index in [9.17, 15) is 0 Å². The third-order valence-corrected chi connectivity index (χ3v) is 4.31. The summed E-state index contributed by atoms with van der Waals surface area (Å²) in [7, 11) is 0. The molecular formula is C10H10BrNS2. The predicted octanol–water partition coefficient (Wildman–Crippen LogP) is 3.86. The first-order chi connectivity index (χ1) is 6.84. The second-order valence-corrected chi connectivity index (χ2v) is 6.47. The van der Waals surface area contributed by atoms with Gasteiger partial charge >= 0.3 is 0 Å². The molecule has 1 N–H and O–H groups in total. The Kier molecular flexibility index (Phi) is 3.75. The van der Waals surface area contributed by atoms with E-state index in [4.69, 9.17) is 0 Å². The zero-order chi connectivity index (χ0) is 9.80. The van der Waals surface area contributed by atoms with E-state index in [0.29, 0.717) is 0 Å². The maximum Gasteiger partial charge on any atom is 0.0701 e. The summed E-state index contributed by atoms with van der Waals surface area (Å²) in [4.78, 5) is 2.76. The van der Waals surface area contributed by atoms with Gasteiger partial charge in [-0.25, -0.2) is 0 Å². The number of hydrogen-bond donors (Lipinski definition) is 1. The molecule has 2 rings (SSSR count). The van der Waals surface area contributed by atoms with Gasteiger partial charge in [-0.3, -0.25) is 0 Å². The molecule has 0 unspecified atom stereocenters. The van der Waals surface area contributed by atoms with Crippen LogP contribution in [0, 0.1) is 0 Å². The highest BCUT2D eigenvalue weighted by atomic mass is 79.9. The van der Waals surface area contributed by atoms with Crippen LogP contribution in [0.2, 0.25) is 0 Å². The average molecular weight is 288 g/mol. The number of hydrogen-bond acceptors (Lipinski definition) is 3. The Morgan fingerprint density at radius 3 is 2.64 bits per heavy atom. The van der Waals surface area contributed by atoms with Crippen molar-refractivity contribution in [1.82, 2.24) is 5.32 Å². The first kappa shape index (κ1) is 10.4. The van der Waals surface area contributed by atoms with Crippen LogP contribution in [-0.2, 0) is 13.1 Å². The molecule has 14 heavy (non-hydrogen) atoms. The Morgan fingerprint density at radius 1 is 1.14 bits per heavy atom. The molecule has 0 fully saturated rings. The van der Waals surface area contributed by atoms with E-state index in [1.165, 1.54) is 13.5 Å². The molecule has 0 amide bonds. The van der Waals surface area contributed by atoms with Crippen molar-refractivity contribution in [3.63, 3.8) is 0 Å². The van der Waals surface area contributed by atoms with Gasteiger partial charge in [0.15, 0.2) is 0 Å². The van der Waals surface area contributed by atoms with Crippen LogP contribution in [0.4, 0.5) is 0 Å². The second kappa shape index (κ2) is 5.07. The van der Waals surface area contributed by atoms with Gasteiger partial charge in [0.05, 0.1) is 3.79 Å². The summed E-state index contributed by atoms with van der Waals surface area (Å²) in [6.07, 6.45) is 0. The lowest BCUT2D eigenvalue weighted by Gasteiger charge is -1.99. The van der Waals surface area contributed by atoms with Crippen molar-refractivity contribution in [1.29, 1.82) is 0 Å². The summed E-state index contributed by atoms with van der Waals surface area (Å²) in [6.45, 7) is 1.92. The molecule has 0 aliphatic rings. The van der Waals surface area contributed by atoms with E-state index in [2.05, 4.69) is 50.9 Å². The molecule has 0 radical (unpaired) electrons. The summed E-state index contributed by atoms with van der Waals surface area (Å²) < 4.78 is 1.20. The van der Waals surface area contributed by atoms with Gasteiger partial charge in [0.2, 0.25) is 0 Å². The Morgan fingerprint density at radius 2 is 2.00 bits per heavy atom. The standard InChI is InChI=1S/C10H10BrNS2/c11-10-4-3-9(14-10)7-12-6-8-2-1-5-13-8/h1-5,12H,6-7H2. The van der Waals surface area contributed by atoms with Crippen LogP contribution in [0.5, 0.6) is 0 Å². The highest BCUT2D eigenvalue weighted by Gasteiger charge is 1.97. The Bertz CT molecular complexity index is 380. The van der Waals surface area contributed by atoms with E-state index in [0.717, 1.165) is 13.1 Å². The summed E-state index contributed by atoms with van der Waals surface area (Å²) in [5.41, 5.74) is 0. The van der Waals surface area contributed by atoms with Crippen molar-refractivity contribution < 1.29 is 0 Å². The molecule has 0 bridgehead atoms. The summed E-state index contributed by atoms with van der Waals surface area (Å²) in [5, 5.41) is 5.53. The Balaban J connectivity index is 1.78. The summed E-state index contributed by atoms with van der Waals surface area (Å²) >= 11 is 7.03. The lowest BCUT2D eigenvalue weighted by Crippen LogP contribution is -2.10. The highest BCUT2D eigenvalue weighted by molar-refractivity contribution is 9.11. The van der Waals surface area contributed by atoms with Gasteiger partial charge in [-0.1, -0.05) is 6.07 Å². The molecule has 2 aromatic heterocycles. The average Bonchev–Trinajstić information content (AvgIpc) is 2.77. The SMILES string of the molecule is Brc1ccc(CNCc2cccs2)s1. The van der Waals surface area contributed by atoms with Crippen molar-refractivity contribution in [3.8, 4) is 0 Å². The van der Waals surface area contributed by atoms with Crippen molar-refractivity contribution >= 4 is 38.6 Å². The fraction of sp³-hybridized carbons (Fsp3) is 0.200. The van der Waals surface area contributed by atoms with Gasteiger partial charge in [-0.05, 0) is 39.5 Å². The lowest BCUT2D eigenvalue weighted by atomic mass is 10.4. The van der Waals surface area contributed by atoms with Gasteiger partial charge in [-0.2, -0.15) is 0 Å². The second-order valence-electron chi connectivity index (χ2n) is 2.89. The van der Waals surface area contributed by atoms with E-state index in [1.54, 1.807) is 22.7 Å². The molecule has 0 aliphatic heterocycles. The molecule has 4 heteroatoms. The molecule has 0 atom stereocenters. The van der Waals surface area contributed by atoms with Gasteiger partial charge in [0.1, 0.15) is 0 Å². The Hall–Kier alpha value is -0.160. The molecule has 0 spiro atoms. The van der Waals surface area contributed by atoms with Crippen molar-refractivity contribution in [2.75, 3.05) is 0 Å². The minimum Gasteiger partial charge on any atom is -0.307 e. The van der Waals surface area contributed by atoms with Gasteiger partial charge in [0, 0.05) is 22.8 Å². The smallest absolute Gasteiger partial charge is 0.0701 e. The number of halogens is 1. The quantitative estimate of drug-likeness (QED) is 0.900. The topological polar surface area (TPSA) is 12.0 Å². The molecule has 0 aromatic carbocycles. The predicted molar refractivity (Wildman–Crippen MR) is 66.9 cm³/mol. The number of thiophene rings is 2. The third kappa shape index (κ3) is 2.92. The number of rotatable bonds is 4. The first-order valence-corrected chi connectivity index (χ1v) is 6.81. The highest BCUT2D eigenvalue weighted by Crippen LogP contribution is 2.21. The maximum atomic E-state index is 3.46. The molecular weight excluding hydrogens is 278 g/mol. The minimum atomic E-state index is 0.953. The van der Waals surface area contributed by atoms with Crippen molar-refractivity contribution in [2.24, 2.45) is 0 Å². The van der Waals surface area contributed by atoms with E-state index < -0.39 is 0 Å². The molecule has 0 aliphatic carbocycles. The largest absolute Gasteiger partial charge is 0.307 e. The van der Waals surface area contributed by atoms with Crippen LogP contribution in [0.1, 0.15) is 9.75 Å². The van der Waals surface area contributed by atoms with Crippen LogP contribution in [0.3, 0.4) is 0 Å². The fourth-order valence-electron chi connectivity index (χ4n) is 1.17. The van der Waals surface area contributed by atoms with E-state index in [1.807, 2.05) is 0 Å². The van der Waals surface area contributed by atoms with Gasteiger partial charge < -0.3 is 5.32 Å². The molecule has 0 saturated heterocycles.